The van der Waals surface area contributed by atoms with Gasteiger partial charge in [0, 0.05) is 18.2 Å². The van der Waals surface area contributed by atoms with E-state index in [0.29, 0.717) is 29.1 Å². The zero-order chi connectivity index (χ0) is 16.7. The lowest BCUT2D eigenvalue weighted by molar-refractivity contribution is -0.118. The van der Waals surface area contributed by atoms with Crippen LogP contribution in [0.3, 0.4) is 0 Å². The average Bonchev–Trinajstić information content (AvgIpc) is 2.96. The Morgan fingerprint density at radius 2 is 2.12 bits per heavy atom. The van der Waals surface area contributed by atoms with Crippen molar-refractivity contribution in [2.75, 3.05) is 5.32 Å². The van der Waals surface area contributed by atoms with Crippen LogP contribution in [-0.2, 0) is 11.2 Å². The molecular formula is C17H15N5O2. The van der Waals surface area contributed by atoms with E-state index in [1.807, 2.05) is 18.2 Å². The fourth-order valence-corrected chi connectivity index (χ4v) is 2.92. The fraction of sp³-hybridized carbons (Fsp3) is 0.176. The first kappa shape index (κ1) is 14.4. The lowest BCUT2D eigenvalue weighted by atomic mass is 9.95. The number of anilines is 1. The fourth-order valence-electron chi connectivity index (χ4n) is 2.92. The summed E-state index contributed by atoms with van der Waals surface area (Å²) in [6, 6.07) is 10.2. The van der Waals surface area contributed by atoms with Crippen molar-refractivity contribution >= 4 is 23.1 Å². The third-order valence-electron chi connectivity index (χ3n) is 4.03. The highest BCUT2D eigenvalue weighted by molar-refractivity contribution is 6.04. The third kappa shape index (κ3) is 2.40. The number of hydrogen-bond donors (Lipinski definition) is 2. The lowest BCUT2D eigenvalue weighted by Gasteiger charge is -2.24. The van der Waals surface area contributed by atoms with Gasteiger partial charge in [0.15, 0.2) is 5.65 Å². The van der Waals surface area contributed by atoms with Crippen molar-refractivity contribution in [3.63, 3.8) is 0 Å². The van der Waals surface area contributed by atoms with Crippen LogP contribution >= 0.6 is 0 Å². The number of nitrogens with one attached hydrogen (secondary N) is 2. The molecule has 2 aromatic heterocycles. The van der Waals surface area contributed by atoms with E-state index >= 15 is 0 Å². The summed E-state index contributed by atoms with van der Waals surface area (Å²) < 4.78 is 1.61. The molecule has 0 saturated carbocycles. The second kappa shape index (κ2) is 5.45. The Bertz CT molecular complexity index is 963. The van der Waals surface area contributed by atoms with Gasteiger partial charge in [-0.1, -0.05) is 18.2 Å². The van der Waals surface area contributed by atoms with Crippen LogP contribution in [0.2, 0.25) is 0 Å². The molecule has 24 heavy (non-hydrogen) atoms. The van der Waals surface area contributed by atoms with Crippen molar-refractivity contribution in [1.29, 1.82) is 0 Å². The number of carbonyl (C=O) groups excluding carboxylic acids is 2. The molecule has 7 nitrogen and oxygen atoms in total. The molecule has 2 amide bonds. The third-order valence-corrected chi connectivity index (χ3v) is 4.03. The number of aryl methyl sites for hydroxylation is 1. The van der Waals surface area contributed by atoms with Gasteiger partial charge in [-0.15, -0.1) is 0 Å². The van der Waals surface area contributed by atoms with Crippen LogP contribution in [0.15, 0.2) is 42.6 Å². The van der Waals surface area contributed by atoms with Crippen molar-refractivity contribution < 1.29 is 9.59 Å². The minimum absolute atomic E-state index is 0.228. The maximum Gasteiger partial charge on any atom is 0.252 e. The summed E-state index contributed by atoms with van der Waals surface area (Å²) >= 11 is 0. The molecule has 0 fully saturated rings. The quantitative estimate of drug-likeness (QED) is 0.745. The first-order valence-electron chi connectivity index (χ1n) is 7.63. The number of hydrogen-bond acceptors (Lipinski definition) is 4. The number of pyridine rings is 1. The minimum Gasteiger partial charge on any atom is -0.340 e. The smallest absolute Gasteiger partial charge is 0.252 e. The van der Waals surface area contributed by atoms with E-state index in [1.165, 1.54) is 0 Å². The standard InChI is InChI=1S/C17H15N5O2/c1-10-18-15-13(7-4-8-22(15)21-10)19-17(24)14-9-11-5-2-3-6-12(11)16(23)20-14/h2-8,14H,9H2,1H3,(H,19,24)(H,20,23). The summed E-state index contributed by atoms with van der Waals surface area (Å²) in [4.78, 5) is 29.1. The van der Waals surface area contributed by atoms with E-state index in [-0.39, 0.29) is 11.8 Å². The normalized spacial score (nSPS) is 16.5. The Hall–Kier alpha value is -3.22. The molecule has 0 saturated heterocycles. The monoisotopic (exact) mass is 321 g/mol. The Morgan fingerprint density at radius 3 is 3.00 bits per heavy atom. The van der Waals surface area contributed by atoms with Crippen LogP contribution in [0.1, 0.15) is 21.7 Å². The molecule has 3 heterocycles. The predicted molar refractivity (Wildman–Crippen MR) is 87.8 cm³/mol. The van der Waals surface area contributed by atoms with E-state index in [9.17, 15) is 9.59 Å². The summed E-state index contributed by atoms with van der Waals surface area (Å²) in [5.41, 5.74) is 2.64. The largest absolute Gasteiger partial charge is 0.340 e. The van der Waals surface area contributed by atoms with E-state index in [4.69, 9.17) is 0 Å². The van der Waals surface area contributed by atoms with Gasteiger partial charge in [-0.2, -0.15) is 5.10 Å². The topological polar surface area (TPSA) is 88.4 Å². The molecule has 0 spiro atoms. The van der Waals surface area contributed by atoms with Gasteiger partial charge < -0.3 is 10.6 Å². The van der Waals surface area contributed by atoms with Crippen LogP contribution in [-0.4, -0.2) is 32.5 Å². The minimum atomic E-state index is -0.614. The first-order valence-corrected chi connectivity index (χ1v) is 7.63. The first-order chi connectivity index (χ1) is 11.6. The number of amides is 2. The molecule has 1 aliphatic heterocycles. The predicted octanol–water partition coefficient (Wildman–Crippen LogP) is 1.33. The SMILES string of the molecule is Cc1nc2c(NC(=O)C3Cc4ccccc4C(=O)N3)cccn2n1. The Balaban J connectivity index is 1.60. The molecule has 1 aliphatic rings. The molecule has 0 aliphatic carbocycles. The molecule has 0 bridgehead atoms. The van der Waals surface area contributed by atoms with E-state index in [0.717, 1.165) is 5.56 Å². The van der Waals surface area contributed by atoms with Crippen molar-refractivity contribution in [3.8, 4) is 0 Å². The summed E-state index contributed by atoms with van der Waals surface area (Å²) in [5.74, 6) is 0.122. The zero-order valence-electron chi connectivity index (χ0n) is 13.0. The van der Waals surface area contributed by atoms with Crippen molar-refractivity contribution in [1.82, 2.24) is 19.9 Å². The number of rotatable bonds is 2. The van der Waals surface area contributed by atoms with E-state index < -0.39 is 6.04 Å². The second-order valence-electron chi connectivity index (χ2n) is 5.73. The van der Waals surface area contributed by atoms with Gasteiger partial charge in [-0.3, -0.25) is 9.59 Å². The van der Waals surface area contributed by atoms with Crippen LogP contribution < -0.4 is 10.6 Å². The van der Waals surface area contributed by atoms with E-state index in [2.05, 4.69) is 20.7 Å². The van der Waals surface area contributed by atoms with Gasteiger partial charge in [-0.25, -0.2) is 9.50 Å². The van der Waals surface area contributed by atoms with Crippen molar-refractivity contribution in [2.45, 2.75) is 19.4 Å². The van der Waals surface area contributed by atoms with Crippen LogP contribution in [0.5, 0.6) is 0 Å². The van der Waals surface area contributed by atoms with Crippen LogP contribution in [0, 0.1) is 6.92 Å². The Labute approximate surface area is 137 Å². The highest BCUT2D eigenvalue weighted by Gasteiger charge is 2.29. The molecule has 1 unspecified atom stereocenters. The average molecular weight is 321 g/mol. The number of benzene rings is 1. The number of nitrogens with zero attached hydrogens (tertiary/aromatic N) is 3. The molecule has 1 atom stereocenters. The molecule has 120 valence electrons. The van der Waals surface area contributed by atoms with Crippen molar-refractivity contribution in [2.24, 2.45) is 0 Å². The molecular weight excluding hydrogens is 306 g/mol. The lowest BCUT2D eigenvalue weighted by Crippen LogP contribution is -2.48. The van der Waals surface area contributed by atoms with Gasteiger partial charge >= 0.3 is 0 Å². The molecule has 4 rings (SSSR count). The van der Waals surface area contributed by atoms with Gasteiger partial charge in [0.1, 0.15) is 11.9 Å². The maximum atomic E-state index is 12.6. The number of fused-ring (bicyclic) bond motifs is 2. The summed E-state index contributed by atoms with van der Waals surface area (Å²) in [6.07, 6.45) is 2.23. The zero-order valence-corrected chi connectivity index (χ0v) is 13.0. The molecule has 0 radical (unpaired) electrons. The molecule has 7 heteroatoms. The summed E-state index contributed by atoms with van der Waals surface area (Å²) in [5, 5.41) is 9.81. The molecule has 2 N–H and O–H groups in total. The van der Waals surface area contributed by atoms with E-state index in [1.54, 1.807) is 35.8 Å². The van der Waals surface area contributed by atoms with Gasteiger partial charge in [0.2, 0.25) is 5.91 Å². The van der Waals surface area contributed by atoms with Gasteiger partial charge in [0.25, 0.3) is 5.91 Å². The maximum absolute atomic E-state index is 12.6. The molecule has 1 aromatic carbocycles. The summed E-state index contributed by atoms with van der Waals surface area (Å²) in [6.45, 7) is 1.79. The van der Waals surface area contributed by atoms with Gasteiger partial charge in [0.05, 0.1) is 5.69 Å². The number of carbonyl (C=O) groups is 2. The Kier molecular flexibility index (Phi) is 3.26. The highest BCUT2D eigenvalue weighted by Crippen LogP contribution is 2.19. The summed E-state index contributed by atoms with van der Waals surface area (Å²) in [7, 11) is 0. The number of aromatic nitrogens is 3. The highest BCUT2D eigenvalue weighted by atomic mass is 16.2. The van der Waals surface area contributed by atoms with Crippen LogP contribution in [0.25, 0.3) is 5.65 Å². The second-order valence-corrected chi connectivity index (χ2v) is 5.73. The van der Waals surface area contributed by atoms with Crippen molar-refractivity contribution in [3.05, 3.63) is 59.5 Å². The molecule has 3 aromatic rings. The van der Waals surface area contributed by atoms with Crippen LogP contribution in [0.4, 0.5) is 5.69 Å². The van der Waals surface area contributed by atoms with Gasteiger partial charge in [-0.05, 0) is 30.7 Å². The Morgan fingerprint density at radius 1 is 1.29 bits per heavy atom.